The number of methoxy groups -OCH3 is 1. The maximum atomic E-state index is 13.2. The standard InChI is InChI=1S/C22H25N3O3S2/c1-15-5-4-9-24(12-15)19(26)14-30-22-23-18-8-10-29-20(18)21(27)25(22)13-16-6-3-7-17(11-16)28-2/h3,6-8,10-11,15H,4-5,9,12-14H2,1-2H3/t15-/m1/s1. The lowest BCUT2D eigenvalue weighted by molar-refractivity contribution is -0.130. The van der Waals surface area contributed by atoms with E-state index in [2.05, 4.69) is 6.92 Å². The molecule has 1 fully saturated rings. The van der Waals surface area contributed by atoms with Crippen molar-refractivity contribution in [1.82, 2.24) is 14.5 Å². The van der Waals surface area contributed by atoms with Gasteiger partial charge in [-0.1, -0.05) is 30.8 Å². The van der Waals surface area contributed by atoms with Crippen molar-refractivity contribution >= 4 is 39.2 Å². The van der Waals surface area contributed by atoms with Crippen LogP contribution in [0, 0.1) is 5.92 Å². The lowest BCUT2D eigenvalue weighted by Gasteiger charge is -2.30. The smallest absolute Gasteiger partial charge is 0.272 e. The Morgan fingerprint density at radius 3 is 3.03 bits per heavy atom. The van der Waals surface area contributed by atoms with Crippen LogP contribution in [0.2, 0.25) is 0 Å². The number of hydrogen-bond donors (Lipinski definition) is 0. The van der Waals surface area contributed by atoms with E-state index in [1.807, 2.05) is 40.6 Å². The van der Waals surface area contributed by atoms with Crippen LogP contribution in [0.5, 0.6) is 5.75 Å². The molecule has 1 aliphatic rings. The minimum absolute atomic E-state index is 0.0700. The number of nitrogens with zero attached hydrogens (tertiary/aromatic N) is 3. The largest absolute Gasteiger partial charge is 0.497 e. The number of carbonyl (C=O) groups is 1. The molecule has 1 amide bonds. The third-order valence-corrected chi connectivity index (χ3v) is 7.19. The fourth-order valence-electron chi connectivity index (χ4n) is 3.76. The van der Waals surface area contributed by atoms with Gasteiger partial charge in [-0.05, 0) is 47.9 Å². The summed E-state index contributed by atoms with van der Waals surface area (Å²) < 4.78 is 7.62. The first-order chi connectivity index (χ1) is 14.5. The highest BCUT2D eigenvalue weighted by Gasteiger charge is 2.22. The summed E-state index contributed by atoms with van der Waals surface area (Å²) >= 11 is 2.74. The molecule has 0 unspecified atom stereocenters. The van der Waals surface area contributed by atoms with Crippen molar-refractivity contribution in [3.05, 3.63) is 51.6 Å². The summed E-state index contributed by atoms with van der Waals surface area (Å²) in [6, 6.07) is 9.52. The fourth-order valence-corrected chi connectivity index (χ4v) is 5.44. The lowest BCUT2D eigenvalue weighted by atomic mass is 10.0. The average molecular weight is 444 g/mol. The van der Waals surface area contributed by atoms with Crippen molar-refractivity contribution < 1.29 is 9.53 Å². The number of piperidine rings is 1. The highest BCUT2D eigenvalue weighted by Crippen LogP contribution is 2.24. The monoisotopic (exact) mass is 443 g/mol. The molecule has 0 radical (unpaired) electrons. The zero-order chi connectivity index (χ0) is 21.1. The zero-order valence-corrected chi connectivity index (χ0v) is 18.8. The van der Waals surface area contributed by atoms with E-state index in [-0.39, 0.29) is 17.2 Å². The molecule has 1 atom stereocenters. The van der Waals surface area contributed by atoms with Gasteiger partial charge < -0.3 is 9.64 Å². The quantitative estimate of drug-likeness (QED) is 0.428. The Kier molecular flexibility index (Phi) is 6.43. The van der Waals surface area contributed by atoms with Crippen LogP contribution in [0.15, 0.2) is 45.7 Å². The van der Waals surface area contributed by atoms with Gasteiger partial charge in [0, 0.05) is 13.1 Å². The molecule has 0 bridgehead atoms. The number of carbonyl (C=O) groups excluding carboxylic acids is 1. The first-order valence-electron chi connectivity index (χ1n) is 10.1. The van der Waals surface area contributed by atoms with Gasteiger partial charge in [0.05, 0.1) is 24.9 Å². The van der Waals surface area contributed by atoms with Crippen molar-refractivity contribution in [3.63, 3.8) is 0 Å². The molecule has 8 heteroatoms. The van der Waals surface area contributed by atoms with Crippen LogP contribution in [0.25, 0.3) is 10.2 Å². The number of fused-ring (bicyclic) bond motifs is 1. The summed E-state index contributed by atoms with van der Waals surface area (Å²) in [4.78, 5) is 32.5. The number of aromatic nitrogens is 2. The van der Waals surface area contributed by atoms with Crippen LogP contribution in [0.3, 0.4) is 0 Å². The molecule has 158 valence electrons. The Morgan fingerprint density at radius 1 is 1.37 bits per heavy atom. The third-order valence-electron chi connectivity index (χ3n) is 5.34. The number of amides is 1. The molecule has 6 nitrogen and oxygen atoms in total. The van der Waals surface area contributed by atoms with Gasteiger partial charge in [0.2, 0.25) is 5.91 Å². The Balaban J connectivity index is 1.60. The van der Waals surface area contributed by atoms with Crippen molar-refractivity contribution in [2.75, 3.05) is 26.0 Å². The van der Waals surface area contributed by atoms with Crippen molar-refractivity contribution in [2.45, 2.75) is 31.5 Å². The SMILES string of the molecule is COc1cccc(Cn2c(SCC(=O)N3CCC[C@@H](C)C3)nc3ccsc3c2=O)c1. The van der Waals surface area contributed by atoms with E-state index >= 15 is 0 Å². The van der Waals surface area contributed by atoms with Crippen LogP contribution in [-0.4, -0.2) is 46.3 Å². The zero-order valence-electron chi connectivity index (χ0n) is 17.2. The molecule has 0 spiro atoms. The van der Waals surface area contributed by atoms with Gasteiger partial charge in [0.25, 0.3) is 5.56 Å². The molecule has 30 heavy (non-hydrogen) atoms. The van der Waals surface area contributed by atoms with Gasteiger partial charge in [0.15, 0.2) is 5.16 Å². The molecular formula is C22H25N3O3S2. The normalized spacial score (nSPS) is 16.7. The topological polar surface area (TPSA) is 64.4 Å². The van der Waals surface area contributed by atoms with E-state index < -0.39 is 0 Å². The molecule has 1 aromatic carbocycles. The second kappa shape index (κ2) is 9.22. The predicted molar refractivity (Wildman–Crippen MR) is 122 cm³/mol. The van der Waals surface area contributed by atoms with E-state index in [9.17, 15) is 9.59 Å². The van der Waals surface area contributed by atoms with Crippen LogP contribution < -0.4 is 10.3 Å². The van der Waals surface area contributed by atoms with Crippen molar-refractivity contribution in [2.24, 2.45) is 5.92 Å². The fraction of sp³-hybridized carbons (Fsp3) is 0.409. The predicted octanol–water partition coefficient (Wildman–Crippen LogP) is 3.87. The molecule has 3 heterocycles. The van der Waals surface area contributed by atoms with Crippen LogP contribution in [-0.2, 0) is 11.3 Å². The molecule has 0 N–H and O–H groups in total. The maximum absolute atomic E-state index is 13.2. The minimum atomic E-state index is -0.0700. The highest BCUT2D eigenvalue weighted by atomic mass is 32.2. The van der Waals surface area contributed by atoms with E-state index in [0.717, 1.165) is 30.8 Å². The summed E-state index contributed by atoms with van der Waals surface area (Å²) in [6.07, 6.45) is 2.23. The van der Waals surface area contributed by atoms with E-state index in [1.165, 1.54) is 29.5 Å². The van der Waals surface area contributed by atoms with E-state index in [0.29, 0.717) is 27.8 Å². The number of rotatable bonds is 6. The molecule has 0 aliphatic carbocycles. The summed E-state index contributed by atoms with van der Waals surface area (Å²) in [6.45, 7) is 4.20. The van der Waals surface area contributed by atoms with Gasteiger partial charge in [-0.15, -0.1) is 11.3 Å². The Bertz CT molecular complexity index is 1110. The van der Waals surface area contributed by atoms with Gasteiger partial charge in [0.1, 0.15) is 10.4 Å². The van der Waals surface area contributed by atoms with E-state index in [4.69, 9.17) is 9.72 Å². The molecule has 4 rings (SSSR count). The number of ether oxygens (including phenoxy) is 1. The molecule has 1 aliphatic heterocycles. The number of likely N-dealkylation sites (tertiary alicyclic amines) is 1. The second-order valence-electron chi connectivity index (χ2n) is 7.65. The Hall–Kier alpha value is -2.32. The third kappa shape index (κ3) is 4.54. The molecule has 3 aromatic rings. The second-order valence-corrected chi connectivity index (χ2v) is 9.51. The first-order valence-corrected chi connectivity index (χ1v) is 11.9. The summed E-state index contributed by atoms with van der Waals surface area (Å²) in [5, 5.41) is 2.45. The minimum Gasteiger partial charge on any atom is -0.497 e. The number of hydrogen-bond acceptors (Lipinski definition) is 6. The Labute approximate surface area is 183 Å². The number of thioether (sulfide) groups is 1. The highest BCUT2D eigenvalue weighted by molar-refractivity contribution is 7.99. The lowest BCUT2D eigenvalue weighted by Crippen LogP contribution is -2.40. The number of thiophene rings is 1. The molecular weight excluding hydrogens is 418 g/mol. The van der Waals surface area contributed by atoms with Gasteiger partial charge >= 0.3 is 0 Å². The van der Waals surface area contributed by atoms with Crippen molar-refractivity contribution in [3.8, 4) is 5.75 Å². The van der Waals surface area contributed by atoms with Crippen LogP contribution in [0.1, 0.15) is 25.3 Å². The van der Waals surface area contributed by atoms with Gasteiger partial charge in [-0.3, -0.25) is 14.2 Å². The summed E-state index contributed by atoms with van der Waals surface area (Å²) in [5.41, 5.74) is 1.57. The van der Waals surface area contributed by atoms with Crippen LogP contribution >= 0.6 is 23.1 Å². The molecule has 1 saturated heterocycles. The van der Waals surface area contributed by atoms with Crippen molar-refractivity contribution in [1.29, 1.82) is 0 Å². The van der Waals surface area contributed by atoms with Crippen LogP contribution in [0.4, 0.5) is 0 Å². The number of benzene rings is 1. The molecule has 0 saturated carbocycles. The first kappa shape index (κ1) is 20.9. The summed E-state index contributed by atoms with van der Waals surface area (Å²) in [5.74, 6) is 1.68. The van der Waals surface area contributed by atoms with Gasteiger partial charge in [-0.2, -0.15) is 0 Å². The Morgan fingerprint density at radius 2 is 2.23 bits per heavy atom. The van der Waals surface area contributed by atoms with E-state index in [1.54, 1.807) is 11.7 Å². The maximum Gasteiger partial charge on any atom is 0.272 e. The van der Waals surface area contributed by atoms with Gasteiger partial charge in [-0.25, -0.2) is 4.98 Å². The molecule has 2 aromatic heterocycles. The summed E-state index contributed by atoms with van der Waals surface area (Å²) in [7, 11) is 1.62. The average Bonchev–Trinajstić information content (AvgIpc) is 3.23.